The first-order valence-corrected chi connectivity index (χ1v) is 11.0. The number of hydrogen-bond donors (Lipinski definition) is 1. The van der Waals surface area contributed by atoms with E-state index in [1.165, 1.54) is 23.9 Å². The number of carbonyl (C=O) groups excluding carboxylic acids is 1. The Bertz CT molecular complexity index is 988. The van der Waals surface area contributed by atoms with Gasteiger partial charge >= 0.3 is 0 Å². The van der Waals surface area contributed by atoms with Gasteiger partial charge in [-0.3, -0.25) is 4.79 Å². The van der Waals surface area contributed by atoms with Gasteiger partial charge < -0.3 is 14.8 Å². The van der Waals surface area contributed by atoms with Crippen LogP contribution in [0.15, 0.2) is 53.5 Å². The van der Waals surface area contributed by atoms with Gasteiger partial charge in [-0.15, -0.1) is 0 Å². The highest BCUT2D eigenvalue weighted by Crippen LogP contribution is 2.50. The number of methoxy groups -OCH3 is 1. The molecule has 0 bridgehead atoms. The van der Waals surface area contributed by atoms with E-state index in [4.69, 9.17) is 14.5 Å². The fraction of sp³-hybridized carbons (Fsp3) is 0.391. The Morgan fingerprint density at radius 3 is 2.77 bits per heavy atom. The average Bonchev–Trinajstić information content (AvgIpc) is 2.75. The molecule has 164 valence electrons. The van der Waals surface area contributed by atoms with E-state index in [2.05, 4.69) is 5.32 Å². The molecule has 0 unspecified atom stereocenters. The first-order valence-electron chi connectivity index (χ1n) is 10.1. The molecule has 0 saturated carbocycles. The predicted molar refractivity (Wildman–Crippen MR) is 116 cm³/mol. The molecule has 0 spiro atoms. The van der Waals surface area contributed by atoms with Gasteiger partial charge in [0.2, 0.25) is 0 Å². The lowest BCUT2D eigenvalue weighted by Gasteiger charge is -2.49. The molecule has 2 aliphatic heterocycles. The van der Waals surface area contributed by atoms with Gasteiger partial charge in [-0.05, 0) is 24.6 Å². The summed E-state index contributed by atoms with van der Waals surface area (Å²) in [4.78, 5) is 17.5. The first kappa shape index (κ1) is 21.9. The Kier molecular flexibility index (Phi) is 6.41. The van der Waals surface area contributed by atoms with Crippen LogP contribution in [0, 0.1) is 17.6 Å². The van der Waals surface area contributed by atoms with E-state index < -0.39 is 17.2 Å². The molecule has 2 heterocycles. The molecule has 4 rings (SSSR count). The van der Waals surface area contributed by atoms with Crippen LogP contribution in [0.5, 0.6) is 0 Å². The maximum absolute atomic E-state index is 14.9. The van der Waals surface area contributed by atoms with E-state index in [-0.39, 0.29) is 35.3 Å². The molecule has 31 heavy (non-hydrogen) atoms. The van der Waals surface area contributed by atoms with Gasteiger partial charge in [-0.2, -0.15) is 0 Å². The monoisotopic (exact) mass is 446 g/mol. The molecular weight excluding hydrogens is 422 g/mol. The highest BCUT2D eigenvalue weighted by Gasteiger charge is 2.52. The van der Waals surface area contributed by atoms with Crippen LogP contribution in [0.2, 0.25) is 0 Å². The quantitative estimate of drug-likeness (QED) is 0.767. The van der Waals surface area contributed by atoms with Gasteiger partial charge in [0.25, 0.3) is 5.91 Å². The van der Waals surface area contributed by atoms with Gasteiger partial charge in [-0.1, -0.05) is 43.0 Å². The zero-order chi connectivity index (χ0) is 22.0. The summed E-state index contributed by atoms with van der Waals surface area (Å²) in [5.41, 5.74) is -0.289. The number of hydrogen-bond acceptors (Lipinski definition) is 5. The maximum Gasteiger partial charge on any atom is 0.257 e. The molecule has 4 atom stereocenters. The third-order valence-corrected chi connectivity index (χ3v) is 6.96. The molecule has 5 nitrogen and oxygen atoms in total. The van der Waals surface area contributed by atoms with Crippen molar-refractivity contribution in [3.63, 3.8) is 0 Å². The number of thioether (sulfide) groups is 1. The summed E-state index contributed by atoms with van der Waals surface area (Å²) >= 11 is 1.44. The lowest BCUT2D eigenvalue weighted by Crippen LogP contribution is -2.54. The lowest BCUT2D eigenvalue weighted by atomic mass is 9.72. The van der Waals surface area contributed by atoms with E-state index in [1.54, 1.807) is 31.4 Å². The number of amides is 1. The first-order chi connectivity index (χ1) is 14.9. The molecule has 1 fully saturated rings. The number of nitrogens with one attached hydrogen (secondary N) is 1. The Morgan fingerprint density at radius 1 is 1.29 bits per heavy atom. The van der Waals surface area contributed by atoms with Gasteiger partial charge in [-0.25, -0.2) is 13.8 Å². The zero-order valence-electron chi connectivity index (χ0n) is 17.3. The molecule has 0 radical (unpaired) electrons. The van der Waals surface area contributed by atoms with Crippen LogP contribution in [-0.4, -0.2) is 42.8 Å². The minimum atomic E-state index is -1.06. The van der Waals surface area contributed by atoms with Crippen LogP contribution >= 0.6 is 11.8 Å². The molecule has 1 saturated heterocycles. The lowest BCUT2D eigenvalue weighted by molar-refractivity contribution is -0.0881. The van der Waals surface area contributed by atoms with E-state index in [0.29, 0.717) is 23.8 Å². The van der Waals surface area contributed by atoms with Crippen molar-refractivity contribution in [2.45, 2.75) is 30.2 Å². The van der Waals surface area contributed by atoms with Crippen molar-refractivity contribution in [1.82, 2.24) is 5.32 Å². The molecule has 2 aliphatic rings. The van der Waals surface area contributed by atoms with Crippen LogP contribution in [0.1, 0.15) is 29.3 Å². The fourth-order valence-corrected chi connectivity index (χ4v) is 5.58. The second-order valence-electron chi connectivity index (χ2n) is 7.84. The van der Waals surface area contributed by atoms with Crippen molar-refractivity contribution in [3.05, 3.63) is 71.3 Å². The normalized spacial score (nSPS) is 27.9. The summed E-state index contributed by atoms with van der Waals surface area (Å²) < 4.78 is 39.8. The summed E-state index contributed by atoms with van der Waals surface area (Å²) in [7, 11) is 1.61. The van der Waals surface area contributed by atoms with Crippen LogP contribution in [0.4, 0.5) is 8.78 Å². The molecule has 2 aromatic carbocycles. The number of halogens is 2. The number of amidine groups is 1. The van der Waals surface area contributed by atoms with Gasteiger partial charge in [0.15, 0.2) is 5.17 Å². The minimum Gasteiger partial charge on any atom is -0.382 e. The Labute approximate surface area is 184 Å². The van der Waals surface area contributed by atoms with Crippen molar-refractivity contribution in [3.8, 4) is 0 Å². The third kappa shape index (κ3) is 4.37. The number of ether oxygens (including phenoxy) is 2. The molecule has 0 aliphatic carbocycles. The molecule has 2 aromatic rings. The molecule has 1 N–H and O–H groups in total. The summed E-state index contributed by atoms with van der Waals surface area (Å²) in [5, 5.41) is 3.27. The van der Waals surface area contributed by atoms with Crippen LogP contribution in [0.25, 0.3) is 0 Å². The van der Waals surface area contributed by atoms with Crippen molar-refractivity contribution in [2.24, 2.45) is 10.9 Å². The fourth-order valence-electron chi connectivity index (χ4n) is 4.36. The maximum atomic E-state index is 14.9. The predicted octanol–water partition coefficient (Wildman–Crippen LogP) is 4.13. The van der Waals surface area contributed by atoms with E-state index >= 15 is 0 Å². The topological polar surface area (TPSA) is 59.9 Å². The summed E-state index contributed by atoms with van der Waals surface area (Å²) in [6, 6.07) is 12.3. The minimum absolute atomic E-state index is 0.0104. The van der Waals surface area contributed by atoms with Crippen molar-refractivity contribution in [1.29, 1.82) is 0 Å². The van der Waals surface area contributed by atoms with E-state index in [1.807, 2.05) is 13.0 Å². The standard InChI is InChI=1S/C23H24F2N2O3S/c1-14-19-11-17(12-29-2)30-13-23(19,18-9-8-16(24)10-20(18)25)27-22(31-14)26-21(28)15-6-4-3-5-7-15/h3-10,14,17,19H,11-13H2,1-2H3,(H,26,27,28)/t14-,17-,19+,23-/m1/s1. The SMILES string of the molecule is COC[C@H]1C[C@H]2[C@@H](C)SC(NC(=O)c3ccccc3)=N[C@@]2(c2ccc(F)cc2F)CO1. The van der Waals surface area contributed by atoms with Crippen molar-refractivity contribution >= 4 is 22.8 Å². The third-order valence-electron chi connectivity index (χ3n) is 5.84. The number of rotatable bonds is 4. The second kappa shape index (κ2) is 9.06. The number of fused-ring (bicyclic) bond motifs is 1. The Morgan fingerprint density at radius 2 is 2.06 bits per heavy atom. The van der Waals surface area contributed by atoms with Crippen molar-refractivity contribution < 1.29 is 23.0 Å². The number of benzene rings is 2. The summed E-state index contributed by atoms with van der Waals surface area (Å²) in [5.74, 6) is -1.69. The van der Waals surface area contributed by atoms with Gasteiger partial charge in [0, 0.05) is 35.5 Å². The second-order valence-corrected chi connectivity index (χ2v) is 9.21. The Hall–Kier alpha value is -2.29. The highest BCUT2D eigenvalue weighted by molar-refractivity contribution is 8.14. The van der Waals surface area contributed by atoms with Crippen LogP contribution in [0.3, 0.4) is 0 Å². The molecule has 1 amide bonds. The van der Waals surface area contributed by atoms with Crippen molar-refractivity contribution in [2.75, 3.05) is 20.3 Å². The Balaban J connectivity index is 1.73. The van der Waals surface area contributed by atoms with E-state index in [9.17, 15) is 13.6 Å². The molecule has 0 aromatic heterocycles. The van der Waals surface area contributed by atoms with E-state index in [0.717, 1.165) is 6.07 Å². The average molecular weight is 447 g/mol. The molecule has 8 heteroatoms. The summed E-state index contributed by atoms with van der Waals surface area (Å²) in [6.07, 6.45) is 0.479. The zero-order valence-corrected chi connectivity index (χ0v) is 18.1. The van der Waals surface area contributed by atoms with Gasteiger partial charge in [0.05, 0.1) is 19.3 Å². The smallest absolute Gasteiger partial charge is 0.257 e. The largest absolute Gasteiger partial charge is 0.382 e. The summed E-state index contributed by atoms with van der Waals surface area (Å²) in [6.45, 7) is 2.57. The molecular formula is C23H24F2N2O3S. The number of nitrogens with zero attached hydrogens (tertiary/aromatic N) is 1. The number of aliphatic imine (C=N–C) groups is 1. The van der Waals surface area contributed by atoms with Crippen LogP contribution < -0.4 is 5.32 Å². The van der Waals surface area contributed by atoms with Gasteiger partial charge in [0.1, 0.15) is 17.2 Å². The highest BCUT2D eigenvalue weighted by atomic mass is 32.2. The number of carbonyl (C=O) groups is 1. The van der Waals surface area contributed by atoms with Crippen LogP contribution in [-0.2, 0) is 15.0 Å².